The Balaban J connectivity index is 2.65. The molecule has 0 radical (unpaired) electrons. The molecule has 2 unspecified atom stereocenters. The molecule has 10 heavy (non-hydrogen) atoms. The monoisotopic (exact) mass is 138 g/mol. The molecule has 0 saturated carbocycles. The lowest BCUT2D eigenvalue weighted by Crippen LogP contribution is -2.10. The van der Waals surface area contributed by atoms with Crippen LogP contribution < -0.4 is 0 Å². The van der Waals surface area contributed by atoms with E-state index in [-0.39, 0.29) is 11.7 Å². The molecule has 0 aliphatic carbocycles. The van der Waals surface area contributed by atoms with Crippen LogP contribution in [0.2, 0.25) is 0 Å². The van der Waals surface area contributed by atoms with Gasteiger partial charge in [-0.15, -0.1) is 0 Å². The summed E-state index contributed by atoms with van der Waals surface area (Å²) in [7, 11) is 0. The number of epoxide rings is 1. The van der Waals surface area contributed by atoms with E-state index in [9.17, 15) is 0 Å². The second kappa shape index (κ2) is 1.96. The van der Waals surface area contributed by atoms with E-state index in [1.54, 1.807) is 0 Å². The number of rotatable bonds is 2. The van der Waals surface area contributed by atoms with E-state index < -0.39 is 0 Å². The molecule has 0 spiro atoms. The zero-order valence-corrected chi connectivity index (χ0v) is 6.90. The van der Waals surface area contributed by atoms with E-state index >= 15 is 0 Å². The third kappa shape index (κ3) is 0.907. The summed E-state index contributed by atoms with van der Waals surface area (Å²) in [5.41, 5.74) is 2.07. The minimum atomic E-state index is -0.105. The Bertz CT molecular complexity index is 193. The van der Waals surface area contributed by atoms with Gasteiger partial charge in [-0.2, -0.15) is 0 Å². The van der Waals surface area contributed by atoms with Gasteiger partial charge in [-0.25, -0.2) is 0 Å². The lowest BCUT2D eigenvalue weighted by Gasteiger charge is -2.03. The summed E-state index contributed by atoms with van der Waals surface area (Å²) >= 11 is 0. The van der Waals surface area contributed by atoms with Gasteiger partial charge in [0.15, 0.2) is 0 Å². The average Bonchev–Trinajstić information content (AvgIpc) is 2.43. The smallest absolute Gasteiger partial charge is 0.117 e. The molecule has 0 aromatic heterocycles. The van der Waals surface area contributed by atoms with Crippen LogP contribution in [0.4, 0.5) is 0 Å². The van der Waals surface area contributed by atoms with Gasteiger partial charge in [0.2, 0.25) is 0 Å². The molecule has 1 fully saturated rings. The van der Waals surface area contributed by atoms with Crippen molar-refractivity contribution in [1.82, 2.24) is 0 Å². The number of hydrogen-bond acceptors (Lipinski definition) is 1. The zero-order chi connectivity index (χ0) is 7.94. The van der Waals surface area contributed by atoms with Crippen molar-refractivity contribution in [2.45, 2.75) is 32.5 Å². The van der Waals surface area contributed by atoms with E-state index in [0.717, 1.165) is 11.1 Å². The maximum Gasteiger partial charge on any atom is 0.117 e. The van der Waals surface area contributed by atoms with Crippen molar-refractivity contribution in [1.29, 1.82) is 0 Å². The van der Waals surface area contributed by atoms with Crippen LogP contribution >= 0.6 is 0 Å². The van der Waals surface area contributed by atoms with Crippen LogP contribution in [0.3, 0.4) is 0 Å². The van der Waals surface area contributed by atoms with Crippen LogP contribution in [0.15, 0.2) is 24.3 Å². The van der Waals surface area contributed by atoms with Gasteiger partial charge >= 0.3 is 0 Å². The van der Waals surface area contributed by atoms with Crippen molar-refractivity contribution in [2.75, 3.05) is 0 Å². The van der Waals surface area contributed by atoms with Gasteiger partial charge in [-0.1, -0.05) is 13.2 Å². The van der Waals surface area contributed by atoms with Gasteiger partial charge < -0.3 is 4.74 Å². The van der Waals surface area contributed by atoms with Gasteiger partial charge in [0, 0.05) is 0 Å². The Kier molecular flexibility index (Phi) is 1.48. The fourth-order valence-electron chi connectivity index (χ4n) is 1.11. The predicted octanol–water partition coefficient (Wildman–Crippen LogP) is 2.30. The van der Waals surface area contributed by atoms with Crippen molar-refractivity contribution >= 4 is 0 Å². The Morgan fingerprint density at radius 2 is 1.90 bits per heavy atom. The highest BCUT2D eigenvalue weighted by molar-refractivity contribution is 5.29. The fraction of sp³-hybridized carbons (Fsp3) is 0.556. The third-order valence-electron chi connectivity index (χ3n) is 2.10. The molecule has 0 aromatic carbocycles. The maximum absolute atomic E-state index is 5.43. The molecule has 0 N–H and O–H groups in total. The molecule has 1 rings (SSSR count). The van der Waals surface area contributed by atoms with Crippen molar-refractivity contribution < 1.29 is 4.74 Å². The first kappa shape index (κ1) is 7.55. The van der Waals surface area contributed by atoms with E-state index in [4.69, 9.17) is 4.74 Å². The Morgan fingerprint density at radius 1 is 1.40 bits per heavy atom. The molecular weight excluding hydrogens is 124 g/mol. The summed E-state index contributed by atoms with van der Waals surface area (Å²) < 4.78 is 5.43. The summed E-state index contributed by atoms with van der Waals surface area (Å²) in [5, 5.41) is 0. The number of hydrogen-bond donors (Lipinski definition) is 0. The lowest BCUT2D eigenvalue weighted by molar-refractivity contribution is 0.343. The summed E-state index contributed by atoms with van der Waals surface area (Å²) in [6, 6.07) is 0. The molecule has 0 aromatic rings. The molecule has 56 valence electrons. The summed E-state index contributed by atoms with van der Waals surface area (Å²) in [5.74, 6) is 0. The van der Waals surface area contributed by atoms with Crippen molar-refractivity contribution in [2.24, 2.45) is 0 Å². The second-order valence-corrected chi connectivity index (χ2v) is 3.23. The summed E-state index contributed by atoms with van der Waals surface area (Å²) in [6.45, 7) is 13.7. The number of ether oxygens (including phenoxy) is 1. The van der Waals surface area contributed by atoms with E-state index in [2.05, 4.69) is 20.1 Å². The fourth-order valence-corrected chi connectivity index (χ4v) is 1.11. The first-order valence-electron chi connectivity index (χ1n) is 3.47. The highest BCUT2D eigenvalue weighted by Crippen LogP contribution is 2.44. The first-order valence-corrected chi connectivity index (χ1v) is 3.47. The molecule has 1 aliphatic heterocycles. The minimum Gasteiger partial charge on any atom is -0.357 e. The van der Waals surface area contributed by atoms with Crippen molar-refractivity contribution in [3.63, 3.8) is 0 Å². The Hall–Kier alpha value is -0.560. The Morgan fingerprint density at radius 3 is 2.00 bits per heavy atom. The van der Waals surface area contributed by atoms with Crippen LogP contribution in [-0.4, -0.2) is 11.7 Å². The maximum atomic E-state index is 5.43. The van der Waals surface area contributed by atoms with Gasteiger partial charge in [0.25, 0.3) is 0 Å². The largest absolute Gasteiger partial charge is 0.357 e. The van der Waals surface area contributed by atoms with E-state index in [1.807, 2.05) is 13.8 Å². The molecule has 0 amide bonds. The first-order chi connectivity index (χ1) is 4.48. The SMILES string of the molecule is C=C(C)C1OC1(C)C(=C)C. The molecule has 2 atom stereocenters. The predicted molar refractivity (Wildman–Crippen MR) is 42.9 cm³/mol. The quantitative estimate of drug-likeness (QED) is 0.421. The average molecular weight is 138 g/mol. The molecule has 0 bridgehead atoms. The van der Waals surface area contributed by atoms with Gasteiger partial charge in [0.1, 0.15) is 11.7 Å². The molecule has 1 aliphatic rings. The topological polar surface area (TPSA) is 12.5 Å². The summed E-state index contributed by atoms with van der Waals surface area (Å²) in [6.07, 6.45) is 0.213. The zero-order valence-electron chi connectivity index (χ0n) is 6.90. The standard InChI is InChI=1S/C9H14O/c1-6(2)8-9(5,10-8)7(3)4/h8H,1,3H2,2,4-5H3. The van der Waals surface area contributed by atoms with Crippen LogP contribution in [-0.2, 0) is 4.74 Å². The molecular formula is C9H14O. The van der Waals surface area contributed by atoms with E-state index in [0.29, 0.717) is 0 Å². The molecule has 1 nitrogen and oxygen atoms in total. The van der Waals surface area contributed by atoms with Gasteiger partial charge in [0.05, 0.1) is 0 Å². The summed E-state index contributed by atoms with van der Waals surface area (Å²) in [4.78, 5) is 0. The molecule has 1 heterocycles. The van der Waals surface area contributed by atoms with Crippen LogP contribution in [0.5, 0.6) is 0 Å². The van der Waals surface area contributed by atoms with Crippen LogP contribution in [0.1, 0.15) is 20.8 Å². The molecule has 1 saturated heterocycles. The van der Waals surface area contributed by atoms with Crippen LogP contribution in [0, 0.1) is 0 Å². The lowest BCUT2D eigenvalue weighted by atomic mass is 9.97. The normalized spacial score (nSPS) is 37.3. The van der Waals surface area contributed by atoms with E-state index in [1.165, 1.54) is 0 Å². The van der Waals surface area contributed by atoms with Crippen LogP contribution in [0.25, 0.3) is 0 Å². The third-order valence-corrected chi connectivity index (χ3v) is 2.10. The van der Waals surface area contributed by atoms with Crippen molar-refractivity contribution in [3.8, 4) is 0 Å². The van der Waals surface area contributed by atoms with Crippen molar-refractivity contribution in [3.05, 3.63) is 24.3 Å². The highest BCUT2D eigenvalue weighted by Gasteiger charge is 2.53. The molecule has 1 heteroatoms. The van der Waals surface area contributed by atoms with Gasteiger partial charge in [-0.05, 0) is 31.9 Å². The second-order valence-electron chi connectivity index (χ2n) is 3.23. The Labute approximate surface area is 62.4 Å². The highest BCUT2D eigenvalue weighted by atomic mass is 16.6. The minimum absolute atomic E-state index is 0.105. The van der Waals surface area contributed by atoms with Gasteiger partial charge in [-0.3, -0.25) is 0 Å².